The third-order valence-electron chi connectivity index (χ3n) is 4.47. The highest BCUT2D eigenvalue weighted by Gasteiger charge is 2.15. The second kappa shape index (κ2) is 6.93. The van der Waals surface area contributed by atoms with Gasteiger partial charge < -0.3 is 5.11 Å². The lowest BCUT2D eigenvalue weighted by Gasteiger charge is -2.20. The molecule has 0 aromatic heterocycles. The standard InChI is InChI=1S/C18H22N2O3S/c19-24(22,23)18-7-3-14(4-8-18)9-11-20-10-1-2-15-5-6-17(21)12-16(15)13-20/h3-8,12,21H,1-2,9-11,13H2,(H2,19,22,23). The molecule has 1 aliphatic rings. The quantitative estimate of drug-likeness (QED) is 0.887. The van der Waals surface area contributed by atoms with Gasteiger partial charge in [-0.2, -0.15) is 0 Å². The number of aromatic hydroxyl groups is 1. The fraction of sp³-hybridized carbons (Fsp3) is 0.333. The summed E-state index contributed by atoms with van der Waals surface area (Å²) in [6, 6.07) is 12.4. The highest BCUT2D eigenvalue weighted by Crippen LogP contribution is 2.23. The van der Waals surface area contributed by atoms with Crippen molar-refractivity contribution in [3.8, 4) is 5.75 Å². The highest BCUT2D eigenvalue weighted by atomic mass is 32.2. The maximum absolute atomic E-state index is 11.3. The van der Waals surface area contributed by atoms with E-state index in [2.05, 4.69) is 4.90 Å². The Morgan fingerprint density at radius 1 is 1.08 bits per heavy atom. The maximum Gasteiger partial charge on any atom is 0.238 e. The number of aryl methyl sites for hydroxylation is 1. The summed E-state index contributed by atoms with van der Waals surface area (Å²) in [5.74, 6) is 0.314. The number of nitrogens with zero attached hydrogens (tertiary/aromatic N) is 1. The van der Waals surface area contributed by atoms with Crippen LogP contribution >= 0.6 is 0 Å². The zero-order valence-electron chi connectivity index (χ0n) is 13.5. The number of rotatable bonds is 4. The van der Waals surface area contributed by atoms with Crippen molar-refractivity contribution in [2.75, 3.05) is 13.1 Å². The average Bonchev–Trinajstić information content (AvgIpc) is 2.74. The SMILES string of the molecule is NS(=O)(=O)c1ccc(CCN2CCCc3ccc(O)cc3C2)cc1. The molecule has 3 rings (SSSR count). The van der Waals surface area contributed by atoms with Gasteiger partial charge in [-0.25, -0.2) is 13.6 Å². The lowest BCUT2D eigenvalue weighted by Crippen LogP contribution is -2.25. The molecule has 0 unspecified atom stereocenters. The molecular weight excluding hydrogens is 324 g/mol. The first kappa shape index (κ1) is 17.0. The van der Waals surface area contributed by atoms with Crippen LogP contribution in [0.1, 0.15) is 23.1 Å². The van der Waals surface area contributed by atoms with Gasteiger partial charge in [0, 0.05) is 13.1 Å². The van der Waals surface area contributed by atoms with Crippen molar-refractivity contribution in [2.45, 2.75) is 30.7 Å². The van der Waals surface area contributed by atoms with E-state index in [0.29, 0.717) is 5.75 Å². The van der Waals surface area contributed by atoms with E-state index in [1.807, 2.05) is 24.3 Å². The van der Waals surface area contributed by atoms with Crippen LogP contribution < -0.4 is 5.14 Å². The zero-order chi connectivity index (χ0) is 17.2. The third kappa shape index (κ3) is 4.14. The second-order valence-electron chi connectivity index (χ2n) is 6.27. The molecule has 5 nitrogen and oxygen atoms in total. The van der Waals surface area contributed by atoms with Gasteiger partial charge in [0.15, 0.2) is 0 Å². The fourth-order valence-corrected chi connectivity index (χ4v) is 3.66. The number of hydrogen-bond donors (Lipinski definition) is 2. The molecule has 0 saturated heterocycles. The molecule has 0 radical (unpaired) electrons. The average molecular weight is 346 g/mol. The molecule has 6 heteroatoms. The van der Waals surface area contributed by atoms with Crippen molar-refractivity contribution in [1.29, 1.82) is 0 Å². The minimum absolute atomic E-state index is 0.144. The van der Waals surface area contributed by atoms with Crippen LogP contribution in [0.15, 0.2) is 47.4 Å². The Balaban J connectivity index is 1.64. The van der Waals surface area contributed by atoms with Crippen molar-refractivity contribution in [3.05, 3.63) is 59.2 Å². The first-order chi connectivity index (χ1) is 11.4. The number of sulfonamides is 1. The van der Waals surface area contributed by atoms with Crippen molar-refractivity contribution in [1.82, 2.24) is 4.90 Å². The summed E-state index contributed by atoms with van der Waals surface area (Å²) < 4.78 is 22.6. The molecule has 0 spiro atoms. The van der Waals surface area contributed by atoms with Crippen LogP contribution in [0.25, 0.3) is 0 Å². The van der Waals surface area contributed by atoms with Crippen molar-refractivity contribution in [3.63, 3.8) is 0 Å². The molecular formula is C18H22N2O3S. The molecule has 0 fully saturated rings. The van der Waals surface area contributed by atoms with E-state index in [-0.39, 0.29) is 4.90 Å². The van der Waals surface area contributed by atoms with E-state index in [1.54, 1.807) is 18.2 Å². The van der Waals surface area contributed by atoms with Crippen molar-refractivity contribution < 1.29 is 13.5 Å². The van der Waals surface area contributed by atoms with Crippen LogP contribution in [0.5, 0.6) is 5.75 Å². The normalized spacial score (nSPS) is 15.7. The van der Waals surface area contributed by atoms with Crippen molar-refractivity contribution in [2.24, 2.45) is 5.14 Å². The van der Waals surface area contributed by atoms with Gasteiger partial charge in [0.2, 0.25) is 10.0 Å². The highest BCUT2D eigenvalue weighted by molar-refractivity contribution is 7.89. The summed E-state index contributed by atoms with van der Waals surface area (Å²) in [7, 11) is -3.63. The summed E-state index contributed by atoms with van der Waals surface area (Å²) in [6.07, 6.45) is 2.98. The second-order valence-corrected chi connectivity index (χ2v) is 7.83. The van der Waals surface area contributed by atoms with Gasteiger partial charge in [-0.1, -0.05) is 18.2 Å². The maximum atomic E-state index is 11.3. The van der Waals surface area contributed by atoms with Gasteiger partial charge in [-0.15, -0.1) is 0 Å². The zero-order valence-corrected chi connectivity index (χ0v) is 14.3. The van der Waals surface area contributed by atoms with E-state index < -0.39 is 10.0 Å². The molecule has 128 valence electrons. The summed E-state index contributed by atoms with van der Waals surface area (Å²) in [4.78, 5) is 2.52. The molecule has 0 amide bonds. The lowest BCUT2D eigenvalue weighted by molar-refractivity contribution is 0.273. The van der Waals surface area contributed by atoms with E-state index in [9.17, 15) is 13.5 Å². The van der Waals surface area contributed by atoms with E-state index in [4.69, 9.17) is 5.14 Å². The van der Waals surface area contributed by atoms with Crippen LogP contribution in [0.2, 0.25) is 0 Å². The van der Waals surface area contributed by atoms with Gasteiger partial charge in [-0.05, 0) is 66.8 Å². The molecule has 1 aliphatic heterocycles. The Hall–Kier alpha value is -1.89. The molecule has 3 N–H and O–H groups in total. The monoisotopic (exact) mass is 346 g/mol. The third-order valence-corrected chi connectivity index (χ3v) is 5.40. The molecule has 0 aliphatic carbocycles. The van der Waals surface area contributed by atoms with Crippen LogP contribution in [-0.4, -0.2) is 31.5 Å². The number of phenolic OH excluding ortho intramolecular Hbond substituents is 1. The van der Waals surface area contributed by atoms with Crippen LogP contribution in [0.3, 0.4) is 0 Å². The van der Waals surface area contributed by atoms with Gasteiger partial charge >= 0.3 is 0 Å². The van der Waals surface area contributed by atoms with Gasteiger partial charge in [0.1, 0.15) is 5.75 Å². The first-order valence-electron chi connectivity index (χ1n) is 8.07. The Labute approximate surface area is 142 Å². The molecule has 0 saturated carbocycles. The first-order valence-corrected chi connectivity index (χ1v) is 9.61. The molecule has 2 aromatic carbocycles. The largest absolute Gasteiger partial charge is 0.508 e. The topological polar surface area (TPSA) is 83.6 Å². The number of benzene rings is 2. The lowest BCUT2D eigenvalue weighted by atomic mass is 10.0. The molecule has 2 aromatic rings. The minimum Gasteiger partial charge on any atom is -0.508 e. The van der Waals surface area contributed by atoms with Gasteiger partial charge in [-0.3, -0.25) is 4.90 Å². The summed E-state index contributed by atoms with van der Waals surface area (Å²) in [5, 5.41) is 14.8. The summed E-state index contributed by atoms with van der Waals surface area (Å²) in [6.45, 7) is 2.74. The molecule has 1 heterocycles. The minimum atomic E-state index is -3.63. The van der Waals surface area contributed by atoms with Crippen LogP contribution in [0, 0.1) is 0 Å². The number of fused-ring (bicyclic) bond motifs is 1. The Morgan fingerprint density at radius 3 is 2.54 bits per heavy atom. The van der Waals surface area contributed by atoms with E-state index in [1.165, 1.54) is 11.1 Å². The number of hydrogen-bond acceptors (Lipinski definition) is 4. The van der Waals surface area contributed by atoms with Gasteiger partial charge in [0.05, 0.1) is 4.90 Å². The predicted molar refractivity (Wildman–Crippen MR) is 93.2 cm³/mol. The Kier molecular flexibility index (Phi) is 4.89. The summed E-state index contributed by atoms with van der Waals surface area (Å²) >= 11 is 0. The predicted octanol–water partition coefficient (Wildman–Crippen LogP) is 2.03. The molecule has 24 heavy (non-hydrogen) atoms. The van der Waals surface area contributed by atoms with Crippen LogP contribution in [0.4, 0.5) is 0 Å². The van der Waals surface area contributed by atoms with E-state index in [0.717, 1.165) is 44.5 Å². The van der Waals surface area contributed by atoms with E-state index >= 15 is 0 Å². The Bertz CT molecular complexity index is 817. The van der Waals surface area contributed by atoms with Crippen LogP contribution in [-0.2, 0) is 29.4 Å². The fourth-order valence-electron chi connectivity index (χ4n) is 3.14. The molecule has 0 bridgehead atoms. The summed E-state index contributed by atoms with van der Waals surface area (Å²) in [5.41, 5.74) is 3.59. The molecule has 0 atom stereocenters. The number of phenols is 1. The number of nitrogens with two attached hydrogens (primary N) is 1. The van der Waals surface area contributed by atoms with Crippen molar-refractivity contribution >= 4 is 10.0 Å². The number of primary sulfonamides is 1. The van der Waals surface area contributed by atoms with Gasteiger partial charge in [0.25, 0.3) is 0 Å². The smallest absolute Gasteiger partial charge is 0.238 e. The Morgan fingerprint density at radius 2 is 1.83 bits per heavy atom.